The molecule has 3 rings (SSSR count). The number of esters is 2. The molecule has 0 spiro atoms. The van der Waals surface area contributed by atoms with Crippen LogP contribution in [0.25, 0.3) is 6.08 Å². The predicted molar refractivity (Wildman–Crippen MR) is 128 cm³/mol. The Hall–Kier alpha value is -3.59. The van der Waals surface area contributed by atoms with Crippen LogP contribution >= 0.6 is 11.8 Å². The lowest BCUT2D eigenvalue weighted by atomic mass is 10.1. The maximum Gasteiger partial charge on any atom is 0.343 e. The van der Waals surface area contributed by atoms with Gasteiger partial charge in [0.1, 0.15) is 6.54 Å². The first kappa shape index (κ1) is 25.0. The first-order valence-electron chi connectivity index (χ1n) is 10.7. The third-order valence-electron chi connectivity index (χ3n) is 4.58. The van der Waals surface area contributed by atoms with Crippen LogP contribution in [-0.4, -0.2) is 47.2 Å². The fourth-order valence-corrected chi connectivity index (χ4v) is 3.87. The summed E-state index contributed by atoms with van der Waals surface area (Å²) in [5.74, 6) is -1.21. The summed E-state index contributed by atoms with van der Waals surface area (Å²) in [6.45, 7) is 6.96. The van der Waals surface area contributed by atoms with Crippen molar-refractivity contribution in [3.05, 3.63) is 64.1 Å². The maximum absolute atomic E-state index is 12.7. The molecular weight excluding hydrogens is 458 g/mol. The second-order valence-corrected chi connectivity index (χ2v) is 8.69. The summed E-state index contributed by atoms with van der Waals surface area (Å²) in [7, 11) is 0. The van der Waals surface area contributed by atoms with Crippen LogP contribution in [0, 0.1) is 6.92 Å². The fraction of sp³-hybridized carbons (Fsp3) is 0.280. The Morgan fingerprint density at radius 1 is 1.06 bits per heavy atom. The standard InChI is InChI=1S/C25H25NO7S/c1-5-31-20-12-17(8-11-19(20)33-24(29)18-9-6-16(4)7-10-18)13-21-23(28)26(25(30)34-21)14-22(27)32-15(2)3/h6-13,15H,5,14H2,1-4H3/b21-13-. The van der Waals surface area contributed by atoms with Gasteiger partial charge in [0.2, 0.25) is 0 Å². The van der Waals surface area contributed by atoms with Crippen molar-refractivity contribution in [1.29, 1.82) is 0 Å². The number of thioether (sulfide) groups is 1. The number of ether oxygens (including phenoxy) is 3. The number of hydrogen-bond acceptors (Lipinski definition) is 8. The Labute approximate surface area is 201 Å². The van der Waals surface area contributed by atoms with E-state index in [0.29, 0.717) is 23.5 Å². The molecule has 9 heteroatoms. The summed E-state index contributed by atoms with van der Waals surface area (Å²) in [5.41, 5.74) is 1.99. The number of rotatable bonds is 8. The van der Waals surface area contributed by atoms with Crippen molar-refractivity contribution in [1.82, 2.24) is 4.90 Å². The molecule has 2 aromatic rings. The molecule has 1 aliphatic rings. The van der Waals surface area contributed by atoms with Gasteiger partial charge in [-0.1, -0.05) is 23.8 Å². The molecule has 1 fully saturated rings. The highest BCUT2D eigenvalue weighted by Gasteiger charge is 2.36. The Kier molecular flexibility index (Phi) is 8.12. The monoisotopic (exact) mass is 483 g/mol. The molecule has 0 aromatic heterocycles. The molecule has 0 aliphatic carbocycles. The van der Waals surface area contributed by atoms with Crippen LogP contribution in [0.1, 0.15) is 42.3 Å². The Balaban J connectivity index is 1.78. The topological polar surface area (TPSA) is 99.2 Å². The SMILES string of the molecule is CCOc1cc(/C=C2\SC(=O)N(CC(=O)OC(C)C)C2=O)ccc1OC(=O)c1ccc(C)cc1. The Morgan fingerprint density at radius 3 is 2.41 bits per heavy atom. The van der Waals surface area contributed by atoms with Gasteiger partial charge in [-0.15, -0.1) is 0 Å². The summed E-state index contributed by atoms with van der Waals surface area (Å²) in [4.78, 5) is 50.3. The molecule has 0 N–H and O–H groups in total. The third kappa shape index (κ3) is 6.26. The van der Waals surface area contributed by atoms with Crippen LogP contribution < -0.4 is 9.47 Å². The van der Waals surface area contributed by atoms with Crippen LogP contribution in [0.4, 0.5) is 4.79 Å². The fourth-order valence-electron chi connectivity index (χ4n) is 3.03. The molecule has 0 unspecified atom stereocenters. The van der Waals surface area contributed by atoms with Crippen LogP contribution in [0.5, 0.6) is 11.5 Å². The molecule has 178 valence electrons. The molecular formula is C25H25NO7S. The molecule has 0 bridgehead atoms. The van der Waals surface area contributed by atoms with Crippen molar-refractivity contribution in [3.63, 3.8) is 0 Å². The highest BCUT2D eigenvalue weighted by Crippen LogP contribution is 2.35. The number of aryl methyl sites for hydroxylation is 1. The van der Waals surface area contributed by atoms with Crippen molar-refractivity contribution in [2.75, 3.05) is 13.2 Å². The summed E-state index contributed by atoms with van der Waals surface area (Å²) < 4.78 is 16.1. The Morgan fingerprint density at radius 2 is 1.76 bits per heavy atom. The van der Waals surface area contributed by atoms with Crippen molar-refractivity contribution in [2.45, 2.75) is 33.8 Å². The minimum absolute atomic E-state index is 0.161. The van der Waals surface area contributed by atoms with E-state index in [0.717, 1.165) is 22.2 Å². The summed E-state index contributed by atoms with van der Waals surface area (Å²) in [5, 5.41) is -0.550. The van der Waals surface area contributed by atoms with E-state index in [1.807, 2.05) is 19.1 Å². The van der Waals surface area contributed by atoms with Gasteiger partial charge >= 0.3 is 11.9 Å². The third-order valence-corrected chi connectivity index (χ3v) is 5.49. The van der Waals surface area contributed by atoms with Crippen LogP contribution in [0.15, 0.2) is 47.4 Å². The molecule has 0 atom stereocenters. The average molecular weight is 484 g/mol. The zero-order valence-corrected chi connectivity index (χ0v) is 20.1. The first-order chi connectivity index (χ1) is 16.2. The van der Waals surface area contributed by atoms with Gasteiger partial charge in [-0.3, -0.25) is 19.3 Å². The van der Waals surface area contributed by atoms with E-state index in [9.17, 15) is 19.2 Å². The average Bonchev–Trinajstić information content (AvgIpc) is 3.03. The normalized spacial score (nSPS) is 14.6. The molecule has 0 saturated carbocycles. The van der Waals surface area contributed by atoms with Gasteiger partial charge in [0.15, 0.2) is 11.5 Å². The number of imide groups is 1. The second kappa shape index (κ2) is 11.0. The largest absolute Gasteiger partial charge is 0.490 e. The number of benzene rings is 2. The molecule has 2 aromatic carbocycles. The summed E-state index contributed by atoms with van der Waals surface area (Å²) in [6.07, 6.45) is 1.17. The molecule has 0 radical (unpaired) electrons. The second-order valence-electron chi connectivity index (χ2n) is 7.70. The van der Waals surface area contributed by atoms with Gasteiger partial charge < -0.3 is 14.2 Å². The van der Waals surface area contributed by atoms with Crippen molar-refractivity contribution >= 4 is 40.9 Å². The minimum atomic E-state index is -0.656. The van der Waals surface area contributed by atoms with E-state index in [-0.39, 0.29) is 16.8 Å². The lowest BCUT2D eigenvalue weighted by Crippen LogP contribution is -2.35. The van der Waals surface area contributed by atoms with Gasteiger partial charge in [-0.25, -0.2) is 4.79 Å². The van der Waals surface area contributed by atoms with Gasteiger partial charge in [0.05, 0.1) is 23.2 Å². The lowest BCUT2D eigenvalue weighted by molar-refractivity contribution is -0.149. The zero-order valence-electron chi connectivity index (χ0n) is 19.3. The highest BCUT2D eigenvalue weighted by molar-refractivity contribution is 8.18. The first-order valence-corrected chi connectivity index (χ1v) is 11.5. The predicted octanol–water partition coefficient (Wildman–Crippen LogP) is 4.60. The smallest absolute Gasteiger partial charge is 0.343 e. The quantitative estimate of drug-likeness (QED) is 0.305. The lowest BCUT2D eigenvalue weighted by Gasteiger charge is -2.13. The van der Waals surface area contributed by atoms with Crippen LogP contribution in [-0.2, 0) is 14.3 Å². The van der Waals surface area contributed by atoms with Crippen molar-refractivity contribution < 1.29 is 33.4 Å². The summed E-state index contributed by atoms with van der Waals surface area (Å²) in [6, 6.07) is 11.8. The number of amides is 2. The minimum Gasteiger partial charge on any atom is -0.490 e. The maximum atomic E-state index is 12.7. The number of hydrogen-bond donors (Lipinski definition) is 0. The molecule has 2 amide bonds. The van der Waals surface area contributed by atoms with E-state index in [1.165, 1.54) is 6.08 Å². The Bertz CT molecular complexity index is 1140. The molecule has 1 aliphatic heterocycles. The van der Waals surface area contributed by atoms with Crippen LogP contribution in [0.2, 0.25) is 0 Å². The molecule has 34 heavy (non-hydrogen) atoms. The van der Waals surface area contributed by atoms with E-state index in [2.05, 4.69) is 0 Å². The van der Waals surface area contributed by atoms with Crippen molar-refractivity contribution in [3.8, 4) is 11.5 Å². The van der Waals surface area contributed by atoms with Gasteiger partial charge in [0.25, 0.3) is 11.1 Å². The molecule has 1 saturated heterocycles. The van der Waals surface area contributed by atoms with E-state index < -0.39 is 29.6 Å². The van der Waals surface area contributed by atoms with Gasteiger partial charge in [-0.05, 0) is 75.4 Å². The number of carbonyl (C=O) groups is 4. The van der Waals surface area contributed by atoms with Crippen LogP contribution in [0.3, 0.4) is 0 Å². The zero-order chi connectivity index (χ0) is 24.8. The summed E-state index contributed by atoms with van der Waals surface area (Å²) >= 11 is 0.735. The number of nitrogens with zero attached hydrogens (tertiary/aromatic N) is 1. The molecule has 1 heterocycles. The van der Waals surface area contributed by atoms with E-state index in [1.54, 1.807) is 51.1 Å². The van der Waals surface area contributed by atoms with Gasteiger partial charge in [0, 0.05) is 0 Å². The van der Waals surface area contributed by atoms with Crippen molar-refractivity contribution in [2.24, 2.45) is 0 Å². The van der Waals surface area contributed by atoms with E-state index >= 15 is 0 Å². The van der Waals surface area contributed by atoms with E-state index in [4.69, 9.17) is 14.2 Å². The van der Waals surface area contributed by atoms with Gasteiger partial charge in [-0.2, -0.15) is 0 Å². The number of carbonyl (C=O) groups excluding carboxylic acids is 4. The molecule has 8 nitrogen and oxygen atoms in total. The highest BCUT2D eigenvalue weighted by atomic mass is 32.2.